The Morgan fingerprint density at radius 1 is 0.972 bits per heavy atom. The third-order valence-electron chi connectivity index (χ3n) is 6.39. The first-order valence-electron chi connectivity index (χ1n) is 12.2. The topological polar surface area (TPSA) is 58.6 Å². The van der Waals surface area contributed by atoms with E-state index in [0.717, 1.165) is 41.3 Å². The Bertz CT molecular complexity index is 1150. The van der Waals surface area contributed by atoms with Crippen molar-refractivity contribution in [2.45, 2.75) is 50.7 Å². The lowest BCUT2D eigenvalue weighted by Gasteiger charge is -2.32. The number of ether oxygens (including phenoxy) is 1. The normalized spacial score (nSPS) is 14.3. The molecule has 3 aromatic carbocycles. The molecule has 0 aliphatic heterocycles. The number of hydrogen-bond donors (Lipinski definition) is 1. The lowest BCUT2D eigenvalue weighted by Crippen LogP contribution is -2.53. The molecule has 0 aromatic heterocycles. The van der Waals surface area contributed by atoms with Gasteiger partial charge in [-0.25, -0.2) is 4.39 Å². The molecule has 0 radical (unpaired) electrons. The van der Waals surface area contributed by atoms with Gasteiger partial charge in [-0.3, -0.25) is 9.59 Å². The summed E-state index contributed by atoms with van der Waals surface area (Å²) in [5.74, 6) is -0.462. The lowest BCUT2D eigenvalue weighted by atomic mass is 10.0. The Balaban J connectivity index is 1.60. The molecule has 1 atom stereocenters. The number of carbonyl (C=O) groups is 2. The van der Waals surface area contributed by atoms with Crippen LogP contribution >= 0.6 is 15.9 Å². The van der Waals surface area contributed by atoms with Crippen LogP contribution in [-0.4, -0.2) is 35.4 Å². The van der Waals surface area contributed by atoms with Gasteiger partial charge < -0.3 is 15.0 Å². The average molecular weight is 553 g/mol. The van der Waals surface area contributed by atoms with Crippen LogP contribution in [0, 0.1) is 5.82 Å². The van der Waals surface area contributed by atoms with Crippen molar-refractivity contribution in [1.29, 1.82) is 0 Å². The summed E-state index contributed by atoms with van der Waals surface area (Å²) in [4.78, 5) is 28.8. The molecule has 36 heavy (non-hydrogen) atoms. The van der Waals surface area contributed by atoms with Crippen LogP contribution in [0.2, 0.25) is 0 Å². The van der Waals surface area contributed by atoms with Gasteiger partial charge in [-0.2, -0.15) is 0 Å². The zero-order valence-electron chi connectivity index (χ0n) is 20.0. The van der Waals surface area contributed by atoms with Crippen molar-refractivity contribution in [2.75, 3.05) is 6.61 Å². The predicted molar refractivity (Wildman–Crippen MR) is 141 cm³/mol. The Labute approximate surface area is 219 Å². The van der Waals surface area contributed by atoms with Crippen LogP contribution in [0.15, 0.2) is 83.3 Å². The highest BCUT2D eigenvalue weighted by Gasteiger charge is 2.32. The number of hydrogen-bond acceptors (Lipinski definition) is 3. The lowest BCUT2D eigenvalue weighted by molar-refractivity contribution is -0.143. The van der Waals surface area contributed by atoms with Crippen LogP contribution in [0.5, 0.6) is 5.75 Å². The second-order valence-electron chi connectivity index (χ2n) is 9.09. The number of nitrogens with zero attached hydrogens (tertiary/aromatic N) is 1. The van der Waals surface area contributed by atoms with E-state index in [1.54, 1.807) is 4.90 Å². The zero-order chi connectivity index (χ0) is 25.3. The van der Waals surface area contributed by atoms with Gasteiger partial charge >= 0.3 is 0 Å². The maximum Gasteiger partial charge on any atom is 0.261 e. The maximum absolute atomic E-state index is 13.6. The molecule has 1 saturated carbocycles. The Kier molecular flexibility index (Phi) is 9.11. The van der Waals surface area contributed by atoms with Gasteiger partial charge in [0.2, 0.25) is 5.91 Å². The smallest absolute Gasteiger partial charge is 0.261 e. The first-order chi connectivity index (χ1) is 17.5. The van der Waals surface area contributed by atoms with E-state index in [-0.39, 0.29) is 36.8 Å². The standard InChI is InChI=1S/C29H30BrFN2O3/c30-23-10-6-9-22(17-23)19-33(28(34)20-36-26-15-13-24(31)14-16-26)27(18-21-7-2-1-3-8-21)29(35)32-25-11-4-5-12-25/h1-3,6-10,13-17,25,27H,4-5,11-12,18-20H2,(H,32,35). The highest BCUT2D eigenvalue weighted by molar-refractivity contribution is 9.10. The molecular weight excluding hydrogens is 523 g/mol. The van der Waals surface area contributed by atoms with Crippen LogP contribution in [0.4, 0.5) is 4.39 Å². The molecule has 1 N–H and O–H groups in total. The summed E-state index contributed by atoms with van der Waals surface area (Å²) in [6.45, 7) is -0.0116. The third kappa shape index (κ3) is 7.40. The molecule has 1 fully saturated rings. The van der Waals surface area contributed by atoms with Crippen molar-refractivity contribution in [3.63, 3.8) is 0 Å². The predicted octanol–water partition coefficient (Wildman–Crippen LogP) is 5.67. The molecule has 0 heterocycles. The van der Waals surface area contributed by atoms with Gasteiger partial charge in [-0.05, 0) is 60.4 Å². The summed E-state index contributed by atoms with van der Waals surface area (Å²) in [6.07, 6.45) is 4.49. The van der Waals surface area contributed by atoms with Gasteiger partial charge in [-0.1, -0.05) is 71.2 Å². The van der Waals surface area contributed by atoms with E-state index < -0.39 is 6.04 Å². The highest BCUT2D eigenvalue weighted by Crippen LogP contribution is 2.21. The molecule has 2 amide bonds. The van der Waals surface area contributed by atoms with Crippen molar-refractivity contribution in [2.24, 2.45) is 0 Å². The molecule has 0 saturated heterocycles. The van der Waals surface area contributed by atoms with Gasteiger partial charge in [-0.15, -0.1) is 0 Å². The number of amides is 2. The molecule has 1 aliphatic rings. The van der Waals surface area contributed by atoms with Gasteiger partial charge in [0.05, 0.1) is 0 Å². The van der Waals surface area contributed by atoms with E-state index in [0.29, 0.717) is 12.2 Å². The van der Waals surface area contributed by atoms with Gasteiger partial charge in [0.25, 0.3) is 5.91 Å². The largest absolute Gasteiger partial charge is 0.484 e. The van der Waals surface area contributed by atoms with Crippen LogP contribution in [-0.2, 0) is 22.6 Å². The van der Waals surface area contributed by atoms with Gasteiger partial charge in [0.15, 0.2) is 6.61 Å². The Morgan fingerprint density at radius 2 is 1.67 bits per heavy atom. The molecule has 3 aromatic rings. The summed E-state index contributed by atoms with van der Waals surface area (Å²) >= 11 is 3.50. The van der Waals surface area contributed by atoms with Crippen molar-refractivity contribution in [3.05, 3.63) is 100 Å². The summed E-state index contributed by atoms with van der Waals surface area (Å²) in [5.41, 5.74) is 1.86. The van der Waals surface area contributed by atoms with Crippen molar-refractivity contribution < 1.29 is 18.7 Å². The van der Waals surface area contributed by atoms with E-state index in [1.165, 1.54) is 24.3 Å². The number of rotatable bonds is 10. The summed E-state index contributed by atoms with van der Waals surface area (Å²) in [6, 6.07) is 22.4. The Morgan fingerprint density at radius 3 is 2.36 bits per heavy atom. The fourth-order valence-corrected chi connectivity index (χ4v) is 4.96. The molecule has 5 nitrogen and oxygen atoms in total. The molecule has 4 rings (SSSR count). The second kappa shape index (κ2) is 12.7. The highest BCUT2D eigenvalue weighted by atomic mass is 79.9. The molecule has 0 spiro atoms. The summed E-state index contributed by atoms with van der Waals surface area (Å²) < 4.78 is 19.9. The number of halogens is 2. The minimum Gasteiger partial charge on any atom is -0.484 e. The Hall–Kier alpha value is -3.19. The van der Waals surface area contributed by atoms with Crippen LogP contribution in [0.1, 0.15) is 36.8 Å². The minimum absolute atomic E-state index is 0.133. The zero-order valence-corrected chi connectivity index (χ0v) is 21.6. The van der Waals surface area contributed by atoms with E-state index in [1.807, 2.05) is 54.6 Å². The first-order valence-corrected chi connectivity index (χ1v) is 13.0. The monoisotopic (exact) mass is 552 g/mol. The first kappa shape index (κ1) is 25.9. The van der Waals surface area contributed by atoms with Crippen LogP contribution in [0.25, 0.3) is 0 Å². The average Bonchev–Trinajstić information content (AvgIpc) is 3.39. The molecule has 0 bridgehead atoms. The van der Waals surface area contributed by atoms with Crippen molar-refractivity contribution in [1.82, 2.24) is 10.2 Å². The molecule has 188 valence electrons. The number of nitrogens with one attached hydrogen (secondary N) is 1. The second-order valence-corrected chi connectivity index (χ2v) is 10.0. The number of carbonyl (C=O) groups excluding carboxylic acids is 2. The number of benzene rings is 3. The van der Waals surface area contributed by atoms with Gasteiger partial charge in [0, 0.05) is 23.5 Å². The van der Waals surface area contributed by atoms with E-state index in [2.05, 4.69) is 21.2 Å². The van der Waals surface area contributed by atoms with Crippen molar-refractivity contribution in [3.8, 4) is 5.75 Å². The van der Waals surface area contributed by atoms with E-state index >= 15 is 0 Å². The third-order valence-corrected chi connectivity index (χ3v) is 6.88. The van der Waals surface area contributed by atoms with E-state index in [9.17, 15) is 14.0 Å². The molecule has 1 unspecified atom stereocenters. The fraction of sp³-hybridized carbons (Fsp3) is 0.310. The quantitative estimate of drug-likeness (QED) is 0.352. The van der Waals surface area contributed by atoms with Crippen LogP contribution in [0.3, 0.4) is 0 Å². The molecule has 7 heteroatoms. The summed E-state index contributed by atoms with van der Waals surface area (Å²) in [7, 11) is 0. The van der Waals surface area contributed by atoms with Gasteiger partial charge in [0.1, 0.15) is 17.6 Å². The van der Waals surface area contributed by atoms with Crippen LogP contribution < -0.4 is 10.1 Å². The SMILES string of the molecule is O=C(NC1CCCC1)C(Cc1ccccc1)N(Cc1cccc(Br)c1)C(=O)COc1ccc(F)cc1. The summed E-state index contributed by atoms with van der Waals surface area (Å²) in [5, 5.41) is 3.19. The molecular formula is C29H30BrFN2O3. The van der Waals surface area contributed by atoms with Crippen molar-refractivity contribution >= 4 is 27.7 Å². The maximum atomic E-state index is 13.6. The minimum atomic E-state index is -0.712. The fourth-order valence-electron chi connectivity index (χ4n) is 4.51. The molecule has 1 aliphatic carbocycles. The van der Waals surface area contributed by atoms with E-state index in [4.69, 9.17) is 4.74 Å².